The number of halogens is 3. The highest BCUT2D eigenvalue weighted by molar-refractivity contribution is 9.10. The molecule has 0 aliphatic heterocycles. The lowest BCUT2D eigenvalue weighted by Crippen LogP contribution is -2.08. The van der Waals surface area contributed by atoms with Crippen molar-refractivity contribution in [2.45, 2.75) is 26.7 Å². The summed E-state index contributed by atoms with van der Waals surface area (Å²) < 4.78 is 13.8. The largest absolute Gasteiger partial charge is 0.383 e. The fourth-order valence-corrected chi connectivity index (χ4v) is 2.61. The van der Waals surface area contributed by atoms with Crippen molar-refractivity contribution in [3.8, 4) is 0 Å². The van der Waals surface area contributed by atoms with E-state index in [2.05, 4.69) is 31.2 Å². The minimum absolute atomic E-state index is 0.139. The van der Waals surface area contributed by atoms with Crippen LogP contribution in [0.1, 0.15) is 31.2 Å². The van der Waals surface area contributed by atoms with Crippen LogP contribution >= 0.6 is 27.5 Å². The molecule has 4 nitrogen and oxygen atoms in total. The van der Waals surface area contributed by atoms with E-state index >= 15 is 0 Å². The number of rotatable bonds is 3. The third-order valence-corrected chi connectivity index (χ3v) is 3.89. The van der Waals surface area contributed by atoms with Crippen molar-refractivity contribution in [3.63, 3.8) is 0 Å². The molecule has 1 aromatic heterocycles. The van der Waals surface area contributed by atoms with Gasteiger partial charge in [0.15, 0.2) is 0 Å². The Hall–Kier alpha value is -1.40. The summed E-state index contributed by atoms with van der Waals surface area (Å²) in [4.78, 5) is 8.71. The van der Waals surface area contributed by atoms with E-state index in [1.807, 2.05) is 20.8 Å². The van der Waals surface area contributed by atoms with Gasteiger partial charge in [-0.1, -0.05) is 25.4 Å². The maximum absolute atomic E-state index is 13.3. The van der Waals surface area contributed by atoms with Crippen LogP contribution in [-0.4, -0.2) is 9.97 Å². The lowest BCUT2D eigenvalue weighted by molar-refractivity contribution is 0.627. The van der Waals surface area contributed by atoms with E-state index < -0.39 is 5.82 Å². The monoisotopic (exact) mass is 372 g/mol. The lowest BCUT2D eigenvalue weighted by Gasteiger charge is -2.15. The van der Waals surface area contributed by atoms with Gasteiger partial charge >= 0.3 is 0 Å². The zero-order chi connectivity index (χ0) is 15.7. The van der Waals surface area contributed by atoms with Crippen LogP contribution in [0.3, 0.4) is 0 Å². The number of nitrogens with two attached hydrogens (primary N) is 1. The predicted octanol–water partition coefficient (Wildman–Crippen LogP) is 4.79. The molecule has 0 atom stereocenters. The van der Waals surface area contributed by atoms with E-state index in [1.54, 1.807) is 0 Å². The maximum atomic E-state index is 13.3. The summed E-state index contributed by atoms with van der Waals surface area (Å²) >= 11 is 9.36. The Kier molecular flexibility index (Phi) is 4.68. The predicted molar refractivity (Wildman–Crippen MR) is 87.7 cm³/mol. The Balaban J connectivity index is 2.49. The molecule has 3 N–H and O–H groups in total. The van der Waals surface area contributed by atoms with Crippen molar-refractivity contribution in [3.05, 3.63) is 38.8 Å². The molecule has 0 saturated carbocycles. The van der Waals surface area contributed by atoms with Crippen LogP contribution < -0.4 is 11.1 Å². The molecule has 0 spiro atoms. The first-order valence-electron chi connectivity index (χ1n) is 6.35. The van der Waals surface area contributed by atoms with Crippen LogP contribution in [-0.2, 0) is 0 Å². The molecule has 0 saturated heterocycles. The molecule has 0 fully saturated rings. The molecule has 7 heteroatoms. The summed E-state index contributed by atoms with van der Waals surface area (Å²) in [6.07, 6.45) is 0. The highest BCUT2D eigenvalue weighted by Crippen LogP contribution is 2.35. The number of hydrogen-bond donors (Lipinski definition) is 2. The smallest absolute Gasteiger partial charge is 0.139 e. The average molecular weight is 374 g/mol. The first-order chi connectivity index (χ1) is 9.79. The Labute approximate surface area is 136 Å². The first-order valence-corrected chi connectivity index (χ1v) is 7.52. The molecule has 1 aromatic carbocycles. The van der Waals surface area contributed by atoms with Crippen LogP contribution in [0, 0.1) is 12.7 Å². The van der Waals surface area contributed by atoms with Crippen LogP contribution in [0.2, 0.25) is 5.02 Å². The molecule has 112 valence electrons. The molecule has 0 aliphatic carbocycles. The fourth-order valence-electron chi connectivity index (χ4n) is 1.71. The van der Waals surface area contributed by atoms with E-state index in [4.69, 9.17) is 17.3 Å². The van der Waals surface area contributed by atoms with E-state index in [1.165, 1.54) is 12.1 Å². The number of hydrogen-bond acceptors (Lipinski definition) is 4. The average Bonchev–Trinajstić information content (AvgIpc) is 2.37. The second kappa shape index (κ2) is 6.15. The molecule has 21 heavy (non-hydrogen) atoms. The zero-order valence-electron chi connectivity index (χ0n) is 11.8. The van der Waals surface area contributed by atoms with Gasteiger partial charge in [-0.25, -0.2) is 14.4 Å². The third kappa shape index (κ3) is 3.44. The summed E-state index contributed by atoms with van der Waals surface area (Å²) in [5.41, 5.74) is 7.17. The normalized spacial score (nSPS) is 11.0. The number of anilines is 3. The van der Waals surface area contributed by atoms with Crippen molar-refractivity contribution in [1.82, 2.24) is 9.97 Å². The quantitative estimate of drug-likeness (QED) is 0.812. The third-order valence-electron chi connectivity index (χ3n) is 2.97. The SMILES string of the molecule is Cc1c(N)nc(C(C)C)nc1Nc1c(Cl)cc(F)cc1Br. The minimum Gasteiger partial charge on any atom is -0.383 e. The summed E-state index contributed by atoms with van der Waals surface area (Å²) in [6, 6.07) is 2.56. The molecule has 1 heterocycles. The number of aromatic nitrogens is 2. The van der Waals surface area contributed by atoms with E-state index in [9.17, 15) is 4.39 Å². The van der Waals surface area contributed by atoms with Crippen molar-refractivity contribution in [1.29, 1.82) is 0 Å². The van der Waals surface area contributed by atoms with Gasteiger partial charge in [-0.3, -0.25) is 0 Å². The Morgan fingerprint density at radius 3 is 2.57 bits per heavy atom. The van der Waals surface area contributed by atoms with Crippen LogP contribution in [0.25, 0.3) is 0 Å². The van der Waals surface area contributed by atoms with Crippen LogP contribution in [0.5, 0.6) is 0 Å². The van der Waals surface area contributed by atoms with Crippen molar-refractivity contribution < 1.29 is 4.39 Å². The summed E-state index contributed by atoms with van der Waals surface area (Å²) in [5.74, 6) is 1.32. The molecule has 0 unspecified atom stereocenters. The van der Waals surface area contributed by atoms with Crippen LogP contribution in [0.15, 0.2) is 16.6 Å². The molecule has 2 rings (SSSR count). The molecular weight excluding hydrogens is 359 g/mol. The molecule has 0 radical (unpaired) electrons. The highest BCUT2D eigenvalue weighted by Gasteiger charge is 2.14. The summed E-state index contributed by atoms with van der Waals surface area (Å²) in [5, 5.41) is 3.35. The molecule has 0 amide bonds. The van der Waals surface area contributed by atoms with Gasteiger partial charge < -0.3 is 11.1 Å². The zero-order valence-corrected chi connectivity index (χ0v) is 14.2. The van der Waals surface area contributed by atoms with Gasteiger partial charge in [0.05, 0.1) is 10.7 Å². The van der Waals surface area contributed by atoms with Gasteiger partial charge in [0.1, 0.15) is 23.3 Å². The number of nitrogen functional groups attached to an aromatic ring is 1. The number of nitrogens with one attached hydrogen (secondary N) is 1. The Bertz CT molecular complexity index is 668. The standard InChI is InChI=1S/C14H15BrClFN4/c1-6(2)13-20-12(18)7(3)14(21-13)19-11-9(15)4-8(17)5-10(11)16/h4-6H,1-3H3,(H3,18,19,20,21). The molecule has 0 bridgehead atoms. The first kappa shape index (κ1) is 16.0. The summed E-state index contributed by atoms with van der Waals surface area (Å²) in [7, 11) is 0. The van der Waals surface area contributed by atoms with E-state index in [0.29, 0.717) is 33.2 Å². The molecular formula is C14H15BrClFN4. The molecule has 2 aromatic rings. The minimum atomic E-state index is -0.417. The van der Waals surface area contributed by atoms with Gasteiger partial charge in [-0.05, 0) is 35.0 Å². The Morgan fingerprint density at radius 1 is 1.33 bits per heavy atom. The van der Waals surface area contributed by atoms with Gasteiger partial charge in [0, 0.05) is 16.0 Å². The van der Waals surface area contributed by atoms with Gasteiger partial charge in [-0.2, -0.15) is 0 Å². The van der Waals surface area contributed by atoms with Gasteiger partial charge in [0.2, 0.25) is 0 Å². The van der Waals surface area contributed by atoms with Gasteiger partial charge in [0.25, 0.3) is 0 Å². The van der Waals surface area contributed by atoms with E-state index in [-0.39, 0.29) is 10.9 Å². The fraction of sp³-hybridized carbons (Fsp3) is 0.286. The lowest BCUT2D eigenvalue weighted by atomic mass is 10.2. The topological polar surface area (TPSA) is 63.8 Å². The van der Waals surface area contributed by atoms with E-state index in [0.717, 1.165) is 0 Å². The van der Waals surface area contributed by atoms with Crippen LogP contribution in [0.4, 0.5) is 21.7 Å². The van der Waals surface area contributed by atoms with Crippen molar-refractivity contribution >= 4 is 44.9 Å². The second-order valence-corrected chi connectivity index (χ2v) is 6.23. The van der Waals surface area contributed by atoms with Gasteiger partial charge in [-0.15, -0.1) is 0 Å². The van der Waals surface area contributed by atoms with Crippen molar-refractivity contribution in [2.24, 2.45) is 0 Å². The molecule has 0 aliphatic rings. The number of nitrogens with zero attached hydrogens (tertiary/aromatic N) is 2. The highest BCUT2D eigenvalue weighted by atomic mass is 79.9. The summed E-state index contributed by atoms with van der Waals surface area (Å²) in [6.45, 7) is 5.77. The Morgan fingerprint density at radius 2 is 2.00 bits per heavy atom. The number of benzene rings is 1. The maximum Gasteiger partial charge on any atom is 0.139 e. The second-order valence-electron chi connectivity index (χ2n) is 4.96. The van der Waals surface area contributed by atoms with Crippen molar-refractivity contribution in [2.75, 3.05) is 11.1 Å².